The molecule has 6 nitrogen and oxygen atoms in total. The fraction of sp³-hybridized carbons (Fsp3) is 0.444. The average Bonchev–Trinajstić information content (AvgIpc) is 3.05. The van der Waals surface area contributed by atoms with Gasteiger partial charge in [-0.3, -0.25) is 19.1 Å². The normalized spacial score (nSPS) is 18.1. The number of carbonyl (C=O) groups is 1. The maximum absolute atomic E-state index is 12.9. The number of aliphatic hydroxyl groups is 1. The molecule has 1 atom stereocenters. The van der Waals surface area contributed by atoms with Gasteiger partial charge in [-0.1, -0.05) is 6.07 Å². The highest BCUT2D eigenvalue weighted by atomic mass is 32.2. The van der Waals surface area contributed by atoms with E-state index in [1.807, 2.05) is 30.5 Å². The van der Waals surface area contributed by atoms with E-state index in [0.717, 1.165) is 29.7 Å². The van der Waals surface area contributed by atoms with Crippen LogP contribution in [0.3, 0.4) is 0 Å². The van der Waals surface area contributed by atoms with Crippen molar-refractivity contribution in [3.05, 3.63) is 40.2 Å². The standard InChI is InChI=1S/C18H22N2O4S/c1-25-15-5-4-12-7-13(9-19-6-2-3-14(19)11-21)18(24)20(10-17(22)23)16(12)8-15/h4-5,7-8,14,21H,2-3,6,9-11H2,1H3,(H,22,23)/t14-/m0/s1. The highest BCUT2D eigenvalue weighted by Crippen LogP contribution is 2.24. The van der Waals surface area contributed by atoms with Crippen molar-refractivity contribution in [2.24, 2.45) is 0 Å². The highest BCUT2D eigenvalue weighted by molar-refractivity contribution is 7.98. The predicted molar refractivity (Wildman–Crippen MR) is 98.1 cm³/mol. The van der Waals surface area contributed by atoms with Gasteiger partial charge >= 0.3 is 5.97 Å². The summed E-state index contributed by atoms with van der Waals surface area (Å²) < 4.78 is 1.34. The molecule has 0 amide bonds. The Hall–Kier alpha value is -1.83. The molecule has 0 bridgehead atoms. The molecule has 0 unspecified atom stereocenters. The first-order valence-electron chi connectivity index (χ1n) is 8.30. The van der Waals surface area contributed by atoms with Crippen LogP contribution in [0, 0.1) is 0 Å². The summed E-state index contributed by atoms with van der Waals surface area (Å²) in [6, 6.07) is 7.68. The number of hydrogen-bond donors (Lipinski definition) is 2. The topological polar surface area (TPSA) is 82.8 Å². The van der Waals surface area contributed by atoms with Crippen molar-refractivity contribution < 1.29 is 15.0 Å². The van der Waals surface area contributed by atoms with Crippen molar-refractivity contribution in [1.29, 1.82) is 0 Å². The number of carboxylic acid groups (broad SMARTS) is 1. The number of hydrogen-bond acceptors (Lipinski definition) is 5. The number of rotatable bonds is 6. The zero-order valence-electron chi connectivity index (χ0n) is 14.1. The third kappa shape index (κ3) is 3.73. The van der Waals surface area contributed by atoms with Crippen molar-refractivity contribution >= 4 is 28.6 Å². The van der Waals surface area contributed by atoms with Gasteiger partial charge < -0.3 is 10.2 Å². The van der Waals surface area contributed by atoms with E-state index in [9.17, 15) is 19.8 Å². The highest BCUT2D eigenvalue weighted by Gasteiger charge is 2.25. The molecule has 25 heavy (non-hydrogen) atoms. The summed E-state index contributed by atoms with van der Waals surface area (Å²) >= 11 is 1.55. The van der Waals surface area contributed by atoms with Gasteiger partial charge in [0.1, 0.15) is 6.54 Å². The first kappa shape index (κ1) is 18.0. The van der Waals surface area contributed by atoms with Crippen LogP contribution >= 0.6 is 11.8 Å². The van der Waals surface area contributed by atoms with Crippen molar-refractivity contribution in [2.45, 2.75) is 36.9 Å². The van der Waals surface area contributed by atoms with Crippen LogP contribution in [0.1, 0.15) is 18.4 Å². The summed E-state index contributed by atoms with van der Waals surface area (Å²) in [6.45, 7) is 0.995. The third-order valence-corrected chi connectivity index (χ3v) is 5.48. The van der Waals surface area contributed by atoms with Gasteiger partial charge in [0.15, 0.2) is 0 Å². The van der Waals surface area contributed by atoms with Crippen LogP contribution in [0.4, 0.5) is 0 Å². The van der Waals surface area contributed by atoms with Gasteiger partial charge in [-0.05, 0) is 49.2 Å². The van der Waals surface area contributed by atoms with E-state index in [1.54, 1.807) is 11.8 Å². The minimum atomic E-state index is -1.04. The van der Waals surface area contributed by atoms with Gasteiger partial charge in [-0.25, -0.2) is 0 Å². The third-order valence-electron chi connectivity index (χ3n) is 4.75. The zero-order valence-corrected chi connectivity index (χ0v) is 15.0. The minimum Gasteiger partial charge on any atom is -0.480 e. The molecule has 7 heteroatoms. The molecule has 2 N–H and O–H groups in total. The molecule has 3 rings (SSSR count). The molecule has 1 fully saturated rings. The number of thioether (sulfide) groups is 1. The second-order valence-corrected chi connectivity index (χ2v) is 7.21. The van der Waals surface area contributed by atoms with Gasteiger partial charge in [0.25, 0.3) is 5.56 Å². The first-order valence-corrected chi connectivity index (χ1v) is 9.53. The fourth-order valence-corrected chi connectivity index (χ4v) is 3.91. The van der Waals surface area contributed by atoms with Crippen molar-refractivity contribution in [3.63, 3.8) is 0 Å². The number of fused-ring (bicyclic) bond motifs is 1. The van der Waals surface area contributed by atoms with E-state index < -0.39 is 5.97 Å². The predicted octanol–water partition coefficient (Wildman–Crippen LogP) is 1.76. The number of aliphatic hydroxyl groups excluding tert-OH is 1. The number of likely N-dealkylation sites (tertiary alicyclic amines) is 1. The van der Waals surface area contributed by atoms with Crippen LogP contribution in [-0.2, 0) is 17.9 Å². The number of nitrogens with zero attached hydrogens (tertiary/aromatic N) is 2. The second kappa shape index (κ2) is 7.59. The maximum atomic E-state index is 12.9. The van der Waals surface area contributed by atoms with E-state index in [-0.39, 0.29) is 24.8 Å². The average molecular weight is 362 g/mol. The molecule has 0 saturated carbocycles. The van der Waals surface area contributed by atoms with E-state index in [2.05, 4.69) is 4.90 Å². The van der Waals surface area contributed by atoms with Gasteiger partial charge in [0, 0.05) is 23.0 Å². The van der Waals surface area contributed by atoms with Crippen molar-refractivity contribution in [2.75, 3.05) is 19.4 Å². The van der Waals surface area contributed by atoms with Crippen molar-refractivity contribution in [1.82, 2.24) is 9.47 Å². The van der Waals surface area contributed by atoms with E-state index in [4.69, 9.17) is 0 Å². The summed E-state index contributed by atoms with van der Waals surface area (Å²) in [6.07, 6.45) is 3.86. The smallest absolute Gasteiger partial charge is 0.323 e. The van der Waals surface area contributed by atoms with Gasteiger partial charge in [0.2, 0.25) is 0 Å². The lowest BCUT2D eigenvalue weighted by Gasteiger charge is -2.23. The Labute approximate surface area is 150 Å². The number of benzene rings is 1. The SMILES string of the molecule is CSc1ccc2cc(CN3CCC[C@H]3CO)c(=O)n(CC(=O)O)c2c1. The molecule has 1 aliphatic rings. The Morgan fingerprint density at radius 3 is 2.84 bits per heavy atom. The molecule has 1 aromatic carbocycles. The Kier molecular flexibility index (Phi) is 5.46. The molecule has 1 aromatic heterocycles. The summed E-state index contributed by atoms with van der Waals surface area (Å²) in [5, 5.41) is 19.6. The monoisotopic (exact) mass is 362 g/mol. The Morgan fingerprint density at radius 1 is 1.36 bits per heavy atom. The molecule has 0 radical (unpaired) electrons. The minimum absolute atomic E-state index is 0.0712. The van der Waals surface area contributed by atoms with E-state index in [0.29, 0.717) is 17.6 Å². The number of pyridine rings is 1. The van der Waals surface area contributed by atoms with Gasteiger partial charge in [0.05, 0.1) is 12.1 Å². The van der Waals surface area contributed by atoms with Crippen LogP contribution in [0.2, 0.25) is 0 Å². The molecule has 1 saturated heterocycles. The lowest BCUT2D eigenvalue weighted by atomic mass is 10.1. The largest absolute Gasteiger partial charge is 0.480 e. The molecular weight excluding hydrogens is 340 g/mol. The Balaban J connectivity index is 2.08. The molecule has 2 heterocycles. The van der Waals surface area contributed by atoms with Crippen LogP contribution in [0.5, 0.6) is 0 Å². The number of aromatic nitrogens is 1. The lowest BCUT2D eigenvalue weighted by Crippen LogP contribution is -2.35. The molecule has 0 spiro atoms. The summed E-state index contributed by atoms with van der Waals surface area (Å²) in [7, 11) is 0. The van der Waals surface area contributed by atoms with Crippen LogP contribution in [-0.4, -0.2) is 51.1 Å². The number of aliphatic carboxylic acids is 1. The summed E-state index contributed by atoms with van der Waals surface area (Å²) in [4.78, 5) is 27.3. The Bertz CT molecular complexity index is 849. The molecular formula is C18H22N2O4S. The van der Waals surface area contributed by atoms with Crippen LogP contribution in [0.15, 0.2) is 34.0 Å². The fourth-order valence-electron chi connectivity index (χ4n) is 3.47. The summed E-state index contributed by atoms with van der Waals surface area (Å²) in [5.41, 5.74) is 0.950. The molecule has 2 aromatic rings. The quantitative estimate of drug-likeness (QED) is 0.762. The maximum Gasteiger partial charge on any atom is 0.323 e. The molecule has 0 aliphatic carbocycles. The van der Waals surface area contributed by atoms with Crippen molar-refractivity contribution in [3.8, 4) is 0 Å². The number of carboxylic acids is 1. The van der Waals surface area contributed by atoms with Gasteiger partial charge in [-0.2, -0.15) is 0 Å². The lowest BCUT2D eigenvalue weighted by molar-refractivity contribution is -0.137. The van der Waals surface area contributed by atoms with Crippen LogP contribution in [0.25, 0.3) is 10.9 Å². The van der Waals surface area contributed by atoms with E-state index >= 15 is 0 Å². The van der Waals surface area contributed by atoms with Crippen LogP contribution < -0.4 is 5.56 Å². The van der Waals surface area contributed by atoms with Gasteiger partial charge in [-0.15, -0.1) is 11.8 Å². The molecule has 134 valence electrons. The Morgan fingerprint density at radius 2 is 2.16 bits per heavy atom. The zero-order chi connectivity index (χ0) is 18.0. The summed E-state index contributed by atoms with van der Waals surface area (Å²) in [5.74, 6) is -1.04. The first-order chi connectivity index (χ1) is 12.0. The molecule has 1 aliphatic heterocycles. The second-order valence-electron chi connectivity index (χ2n) is 6.33. The van der Waals surface area contributed by atoms with E-state index in [1.165, 1.54) is 4.57 Å².